The summed E-state index contributed by atoms with van der Waals surface area (Å²) in [6.07, 6.45) is 0. The van der Waals surface area contributed by atoms with E-state index in [9.17, 15) is 0 Å². The molecule has 0 bridgehead atoms. The van der Waals surface area contributed by atoms with E-state index in [1.165, 1.54) is 0 Å². The zero-order valence-corrected chi connectivity index (χ0v) is 11.7. The van der Waals surface area contributed by atoms with Crippen molar-refractivity contribution in [3.63, 3.8) is 0 Å². The highest BCUT2D eigenvalue weighted by molar-refractivity contribution is 5.36. The standard InChI is InChI=1S/C14H24N2O2/c1-11(10-17-3)16(2)13(9-15)12-7-5-6-8-14(12)18-4/h5-8,11,13H,9-10,15H2,1-4H3. The van der Waals surface area contributed by atoms with Crippen molar-refractivity contribution < 1.29 is 9.47 Å². The van der Waals surface area contributed by atoms with Crippen LogP contribution < -0.4 is 10.5 Å². The van der Waals surface area contributed by atoms with E-state index in [-0.39, 0.29) is 6.04 Å². The summed E-state index contributed by atoms with van der Waals surface area (Å²) in [4.78, 5) is 2.22. The normalized spacial score (nSPS) is 14.6. The van der Waals surface area contributed by atoms with Crippen LogP contribution in [0.15, 0.2) is 24.3 Å². The third-order valence-electron chi connectivity index (χ3n) is 3.32. The number of hydrogen-bond donors (Lipinski definition) is 1. The van der Waals surface area contributed by atoms with E-state index in [2.05, 4.69) is 24.9 Å². The number of ether oxygens (including phenoxy) is 2. The van der Waals surface area contributed by atoms with E-state index in [0.717, 1.165) is 11.3 Å². The molecule has 0 heterocycles. The molecule has 0 fully saturated rings. The third-order valence-corrected chi connectivity index (χ3v) is 3.32. The summed E-state index contributed by atoms with van der Waals surface area (Å²) >= 11 is 0. The van der Waals surface area contributed by atoms with Gasteiger partial charge in [-0.2, -0.15) is 0 Å². The number of nitrogens with zero attached hydrogens (tertiary/aromatic N) is 1. The predicted octanol–water partition coefficient (Wildman–Crippen LogP) is 1.66. The third kappa shape index (κ3) is 3.45. The number of para-hydroxylation sites is 1. The monoisotopic (exact) mass is 252 g/mol. The van der Waals surface area contributed by atoms with Gasteiger partial charge in [0, 0.05) is 25.3 Å². The number of rotatable bonds is 7. The Balaban J connectivity index is 2.94. The summed E-state index contributed by atoms with van der Waals surface area (Å²) in [7, 11) is 5.46. The quantitative estimate of drug-likeness (QED) is 0.802. The van der Waals surface area contributed by atoms with Crippen LogP contribution in [0.3, 0.4) is 0 Å². The van der Waals surface area contributed by atoms with Gasteiger partial charge in [-0.15, -0.1) is 0 Å². The average Bonchev–Trinajstić information content (AvgIpc) is 2.40. The Morgan fingerprint density at radius 3 is 2.50 bits per heavy atom. The van der Waals surface area contributed by atoms with Crippen LogP contribution in [0.25, 0.3) is 0 Å². The van der Waals surface area contributed by atoms with Crippen molar-refractivity contribution in [2.24, 2.45) is 5.73 Å². The highest BCUT2D eigenvalue weighted by Crippen LogP contribution is 2.28. The molecule has 0 spiro atoms. The number of likely N-dealkylation sites (N-methyl/N-ethyl adjacent to an activating group) is 1. The van der Waals surface area contributed by atoms with Gasteiger partial charge in [-0.05, 0) is 20.0 Å². The molecule has 2 atom stereocenters. The number of nitrogens with two attached hydrogens (primary N) is 1. The summed E-state index contributed by atoms with van der Waals surface area (Å²) in [6, 6.07) is 8.43. The van der Waals surface area contributed by atoms with Gasteiger partial charge >= 0.3 is 0 Å². The molecule has 0 radical (unpaired) electrons. The highest BCUT2D eigenvalue weighted by Gasteiger charge is 2.22. The maximum absolute atomic E-state index is 5.93. The molecule has 2 N–H and O–H groups in total. The second-order valence-corrected chi connectivity index (χ2v) is 4.46. The molecule has 2 unspecified atom stereocenters. The van der Waals surface area contributed by atoms with Crippen LogP contribution in [-0.2, 0) is 4.74 Å². The molecule has 1 aromatic carbocycles. The fourth-order valence-electron chi connectivity index (χ4n) is 2.12. The van der Waals surface area contributed by atoms with Gasteiger partial charge in [-0.1, -0.05) is 18.2 Å². The number of benzene rings is 1. The smallest absolute Gasteiger partial charge is 0.123 e. The Kier molecular flexibility index (Phi) is 6.12. The van der Waals surface area contributed by atoms with Crippen molar-refractivity contribution in [3.8, 4) is 5.75 Å². The fourth-order valence-corrected chi connectivity index (χ4v) is 2.12. The lowest BCUT2D eigenvalue weighted by atomic mass is 10.0. The fraction of sp³-hybridized carbons (Fsp3) is 0.571. The second kappa shape index (κ2) is 7.36. The molecule has 0 aliphatic carbocycles. The van der Waals surface area contributed by atoms with Gasteiger partial charge in [-0.25, -0.2) is 0 Å². The van der Waals surface area contributed by atoms with Gasteiger partial charge < -0.3 is 15.2 Å². The van der Waals surface area contributed by atoms with Crippen molar-refractivity contribution in [2.75, 3.05) is 34.4 Å². The van der Waals surface area contributed by atoms with Crippen LogP contribution in [0, 0.1) is 0 Å². The molecule has 0 aromatic heterocycles. The summed E-state index contributed by atoms with van der Waals surface area (Å²) in [6.45, 7) is 3.36. The molecular formula is C14H24N2O2. The lowest BCUT2D eigenvalue weighted by Crippen LogP contribution is -2.39. The van der Waals surface area contributed by atoms with E-state index >= 15 is 0 Å². The lowest BCUT2D eigenvalue weighted by molar-refractivity contribution is 0.0902. The SMILES string of the molecule is COCC(C)N(C)C(CN)c1ccccc1OC. The molecule has 102 valence electrons. The molecule has 4 nitrogen and oxygen atoms in total. The molecular weight excluding hydrogens is 228 g/mol. The first-order valence-electron chi connectivity index (χ1n) is 6.19. The van der Waals surface area contributed by atoms with E-state index in [1.54, 1.807) is 14.2 Å². The van der Waals surface area contributed by atoms with Gasteiger partial charge in [-0.3, -0.25) is 4.90 Å². The highest BCUT2D eigenvalue weighted by atomic mass is 16.5. The van der Waals surface area contributed by atoms with Gasteiger partial charge in [0.1, 0.15) is 5.75 Å². The van der Waals surface area contributed by atoms with Crippen LogP contribution in [0.5, 0.6) is 5.75 Å². The average molecular weight is 252 g/mol. The summed E-state index contributed by atoms with van der Waals surface area (Å²) in [5.41, 5.74) is 7.04. The zero-order valence-electron chi connectivity index (χ0n) is 11.7. The van der Waals surface area contributed by atoms with Gasteiger partial charge in [0.2, 0.25) is 0 Å². The molecule has 0 saturated carbocycles. The van der Waals surface area contributed by atoms with E-state index in [4.69, 9.17) is 15.2 Å². The lowest BCUT2D eigenvalue weighted by Gasteiger charge is -2.33. The Hall–Kier alpha value is -1.10. The van der Waals surface area contributed by atoms with Gasteiger partial charge in [0.05, 0.1) is 19.8 Å². The maximum atomic E-state index is 5.93. The van der Waals surface area contributed by atoms with Crippen molar-refractivity contribution in [1.82, 2.24) is 4.90 Å². The van der Waals surface area contributed by atoms with Crippen LogP contribution in [0.2, 0.25) is 0 Å². The molecule has 0 aliphatic heterocycles. The van der Waals surface area contributed by atoms with Crippen molar-refractivity contribution in [3.05, 3.63) is 29.8 Å². The summed E-state index contributed by atoms with van der Waals surface area (Å²) < 4.78 is 10.6. The first kappa shape index (κ1) is 15.0. The Bertz CT molecular complexity index is 357. The van der Waals surface area contributed by atoms with E-state index in [0.29, 0.717) is 19.2 Å². The topological polar surface area (TPSA) is 47.7 Å². The minimum absolute atomic E-state index is 0.131. The molecule has 1 aromatic rings. The minimum atomic E-state index is 0.131. The maximum Gasteiger partial charge on any atom is 0.123 e. The Labute approximate surface area is 110 Å². The molecule has 0 saturated heterocycles. The first-order chi connectivity index (χ1) is 8.65. The summed E-state index contributed by atoms with van der Waals surface area (Å²) in [5.74, 6) is 0.879. The first-order valence-corrected chi connectivity index (χ1v) is 6.19. The number of methoxy groups -OCH3 is 2. The van der Waals surface area contributed by atoms with Gasteiger partial charge in [0.15, 0.2) is 0 Å². The van der Waals surface area contributed by atoms with Crippen LogP contribution in [0.1, 0.15) is 18.5 Å². The van der Waals surface area contributed by atoms with Gasteiger partial charge in [0.25, 0.3) is 0 Å². The van der Waals surface area contributed by atoms with Crippen LogP contribution in [-0.4, -0.2) is 45.4 Å². The van der Waals surface area contributed by atoms with Crippen molar-refractivity contribution in [2.45, 2.75) is 19.0 Å². The Morgan fingerprint density at radius 2 is 1.94 bits per heavy atom. The second-order valence-electron chi connectivity index (χ2n) is 4.46. The molecule has 18 heavy (non-hydrogen) atoms. The van der Waals surface area contributed by atoms with E-state index < -0.39 is 0 Å². The molecule has 0 aliphatic rings. The predicted molar refractivity (Wildman–Crippen MR) is 73.9 cm³/mol. The van der Waals surface area contributed by atoms with Crippen molar-refractivity contribution in [1.29, 1.82) is 0 Å². The zero-order chi connectivity index (χ0) is 13.5. The largest absolute Gasteiger partial charge is 0.496 e. The Morgan fingerprint density at radius 1 is 1.28 bits per heavy atom. The van der Waals surface area contributed by atoms with Crippen LogP contribution >= 0.6 is 0 Å². The number of hydrogen-bond acceptors (Lipinski definition) is 4. The van der Waals surface area contributed by atoms with Crippen LogP contribution in [0.4, 0.5) is 0 Å². The van der Waals surface area contributed by atoms with E-state index in [1.807, 2.05) is 18.2 Å². The molecule has 1 rings (SSSR count). The summed E-state index contributed by atoms with van der Waals surface area (Å²) in [5, 5.41) is 0. The molecule has 0 amide bonds. The van der Waals surface area contributed by atoms with Crippen molar-refractivity contribution >= 4 is 0 Å². The minimum Gasteiger partial charge on any atom is -0.496 e. The molecule has 4 heteroatoms.